The van der Waals surface area contributed by atoms with Crippen LogP contribution in [0.2, 0.25) is 0 Å². The Morgan fingerprint density at radius 3 is 2.94 bits per heavy atom. The minimum atomic E-state index is 0.276. The summed E-state index contributed by atoms with van der Waals surface area (Å²) in [6, 6.07) is 0.276. The fourth-order valence-corrected chi connectivity index (χ4v) is 4.14. The zero-order valence-electron chi connectivity index (χ0n) is 9.60. The summed E-state index contributed by atoms with van der Waals surface area (Å²) in [6.07, 6.45) is 9.86. The van der Waals surface area contributed by atoms with Crippen molar-refractivity contribution in [1.82, 2.24) is 4.98 Å². The van der Waals surface area contributed by atoms with E-state index in [0.29, 0.717) is 0 Å². The highest BCUT2D eigenvalue weighted by atomic mass is 32.2. The summed E-state index contributed by atoms with van der Waals surface area (Å²) in [5.41, 5.74) is 6.13. The predicted molar refractivity (Wildman–Crippen MR) is 73.1 cm³/mol. The zero-order valence-corrected chi connectivity index (χ0v) is 11.2. The molecule has 1 fully saturated rings. The van der Waals surface area contributed by atoms with Crippen LogP contribution in [-0.4, -0.2) is 22.0 Å². The fraction of sp³-hybridized carbons (Fsp3) is 0.750. The lowest BCUT2D eigenvalue weighted by Crippen LogP contribution is -2.27. The lowest BCUT2D eigenvalue weighted by molar-refractivity contribution is 0.515. The van der Waals surface area contributed by atoms with Crippen LogP contribution in [0.25, 0.3) is 0 Å². The number of hydrogen-bond acceptors (Lipinski definition) is 4. The summed E-state index contributed by atoms with van der Waals surface area (Å²) < 4.78 is 0. The van der Waals surface area contributed by atoms with E-state index in [0.717, 1.165) is 17.4 Å². The van der Waals surface area contributed by atoms with Gasteiger partial charge in [-0.05, 0) is 12.8 Å². The largest absolute Gasteiger partial charge is 0.327 e. The number of rotatable bonds is 5. The molecule has 0 radical (unpaired) electrons. The van der Waals surface area contributed by atoms with Crippen LogP contribution >= 0.6 is 23.1 Å². The van der Waals surface area contributed by atoms with Gasteiger partial charge in [0.1, 0.15) is 0 Å². The van der Waals surface area contributed by atoms with Gasteiger partial charge in [0, 0.05) is 35.0 Å². The molecular weight excluding hydrogens is 236 g/mol. The standard InChI is InChI=1S/C12H20N2S2/c13-10(8-12-14-6-7-15-12)9-16-11-4-2-1-3-5-11/h6-7,10-11H,1-5,8-9,13H2. The molecule has 2 N–H and O–H groups in total. The number of thioether (sulfide) groups is 1. The maximum atomic E-state index is 6.13. The third-order valence-electron chi connectivity index (χ3n) is 3.02. The van der Waals surface area contributed by atoms with Gasteiger partial charge in [0.15, 0.2) is 0 Å². The first-order valence-corrected chi connectivity index (χ1v) is 8.03. The van der Waals surface area contributed by atoms with Crippen molar-refractivity contribution in [3.05, 3.63) is 16.6 Å². The Morgan fingerprint density at radius 2 is 2.25 bits per heavy atom. The molecule has 1 aromatic rings. The van der Waals surface area contributed by atoms with Gasteiger partial charge in [-0.2, -0.15) is 11.8 Å². The van der Waals surface area contributed by atoms with Crippen LogP contribution in [0.4, 0.5) is 0 Å². The monoisotopic (exact) mass is 256 g/mol. The molecule has 0 amide bonds. The Balaban J connectivity index is 1.65. The molecule has 1 atom stereocenters. The van der Waals surface area contributed by atoms with Gasteiger partial charge in [-0.3, -0.25) is 0 Å². The van der Waals surface area contributed by atoms with E-state index in [-0.39, 0.29) is 6.04 Å². The van der Waals surface area contributed by atoms with Crippen molar-refractivity contribution in [3.8, 4) is 0 Å². The summed E-state index contributed by atoms with van der Waals surface area (Å²) in [7, 11) is 0. The second-order valence-corrected chi connectivity index (χ2v) is 6.80. The van der Waals surface area contributed by atoms with Gasteiger partial charge in [0.2, 0.25) is 0 Å². The SMILES string of the molecule is NC(CSC1CCCCC1)Cc1nccs1. The molecule has 1 unspecified atom stereocenters. The highest BCUT2D eigenvalue weighted by molar-refractivity contribution is 7.99. The van der Waals surface area contributed by atoms with Crippen molar-refractivity contribution in [3.63, 3.8) is 0 Å². The van der Waals surface area contributed by atoms with Gasteiger partial charge in [-0.25, -0.2) is 4.98 Å². The highest BCUT2D eigenvalue weighted by Crippen LogP contribution is 2.28. The quantitative estimate of drug-likeness (QED) is 0.880. The molecule has 90 valence electrons. The highest BCUT2D eigenvalue weighted by Gasteiger charge is 2.15. The van der Waals surface area contributed by atoms with E-state index in [4.69, 9.17) is 5.73 Å². The van der Waals surface area contributed by atoms with Gasteiger partial charge in [-0.15, -0.1) is 11.3 Å². The first-order valence-electron chi connectivity index (χ1n) is 6.10. The molecule has 0 saturated heterocycles. The van der Waals surface area contributed by atoms with Crippen LogP contribution in [0.5, 0.6) is 0 Å². The normalized spacial score (nSPS) is 19.8. The van der Waals surface area contributed by atoms with Crippen LogP contribution in [-0.2, 0) is 6.42 Å². The van der Waals surface area contributed by atoms with E-state index in [1.54, 1.807) is 11.3 Å². The molecule has 4 heteroatoms. The van der Waals surface area contributed by atoms with E-state index in [9.17, 15) is 0 Å². The van der Waals surface area contributed by atoms with Crippen molar-refractivity contribution in [2.45, 2.75) is 49.8 Å². The molecular formula is C12H20N2S2. The number of aromatic nitrogens is 1. The van der Waals surface area contributed by atoms with Crippen molar-refractivity contribution in [2.24, 2.45) is 5.73 Å². The Hall–Kier alpha value is -0.0600. The molecule has 1 heterocycles. The molecule has 0 aromatic carbocycles. The first-order chi connectivity index (χ1) is 7.84. The minimum absolute atomic E-state index is 0.276. The molecule has 1 aliphatic rings. The Kier molecular flexibility index (Phi) is 5.13. The van der Waals surface area contributed by atoms with Gasteiger partial charge < -0.3 is 5.73 Å². The van der Waals surface area contributed by atoms with E-state index < -0.39 is 0 Å². The third kappa shape index (κ3) is 4.07. The number of thiazole rings is 1. The molecule has 0 aliphatic heterocycles. The van der Waals surface area contributed by atoms with Crippen molar-refractivity contribution < 1.29 is 0 Å². The Morgan fingerprint density at radius 1 is 1.44 bits per heavy atom. The number of nitrogens with two attached hydrogens (primary N) is 1. The predicted octanol–water partition coefficient (Wildman–Crippen LogP) is 3.08. The maximum Gasteiger partial charge on any atom is 0.0940 e. The van der Waals surface area contributed by atoms with Crippen molar-refractivity contribution in [1.29, 1.82) is 0 Å². The van der Waals surface area contributed by atoms with Gasteiger partial charge in [0.25, 0.3) is 0 Å². The van der Waals surface area contributed by atoms with Crippen molar-refractivity contribution in [2.75, 3.05) is 5.75 Å². The first kappa shape index (κ1) is 12.4. The average molecular weight is 256 g/mol. The molecule has 1 saturated carbocycles. The van der Waals surface area contributed by atoms with Gasteiger partial charge >= 0.3 is 0 Å². The summed E-state index contributed by atoms with van der Waals surface area (Å²) >= 11 is 3.79. The lowest BCUT2D eigenvalue weighted by Gasteiger charge is -2.22. The fourth-order valence-electron chi connectivity index (χ4n) is 2.13. The van der Waals surface area contributed by atoms with Gasteiger partial charge in [-0.1, -0.05) is 19.3 Å². The smallest absolute Gasteiger partial charge is 0.0940 e. The summed E-state index contributed by atoms with van der Waals surface area (Å²) in [5, 5.41) is 4.07. The average Bonchev–Trinajstić information content (AvgIpc) is 2.81. The molecule has 2 rings (SSSR count). The molecule has 0 bridgehead atoms. The molecule has 1 aliphatic carbocycles. The number of hydrogen-bond donors (Lipinski definition) is 1. The van der Waals surface area contributed by atoms with E-state index >= 15 is 0 Å². The van der Waals surface area contributed by atoms with Gasteiger partial charge in [0.05, 0.1) is 5.01 Å². The summed E-state index contributed by atoms with van der Waals surface area (Å²) in [6.45, 7) is 0. The Bertz CT molecular complexity index is 281. The van der Waals surface area contributed by atoms with Crippen LogP contribution in [0.15, 0.2) is 11.6 Å². The Labute approximate surface area is 106 Å². The van der Waals surface area contributed by atoms with Crippen molar-refractivity contribution >= 4 is 23.1 Å². The third-order valence-corrected chi connectivity index (χ3v) is 5.38. The topological polar surface area (TPSA) is 38.9 Å². The van der Waals surface area contributed by atoms with E-state index in [1.807, 2.05) is 11.6 Å². The summed E-state index contributed by atoms with van der Waals surface area (Å²) in [4.78, 5) is 4.28. The molecule has 2 nitrogen and oxygen atoms in total. The molecule has 1 aromatic heterocycles. The van der Waals surface area contributed by atoms with Crippen LogP contribution < -0.4 is 5.73 Å². The second-order valence-electron chi connectivity index (χ2n) is 4.48. The molecule has 0 spiro atoms. The van der Waals surface area contributed by atoms with E-state index in [1.165, 1.54) is 37.1 Å². The number of nitrogens with zero attached hydrogens (tertiary/aromatic N) is 1. The maximum absolute atomic E-state index is 6.13. The van der Waals surface area contributed by atoms with Crippen LogP contribution in [0.1, 0.15) is 37.1 Å². The molecule has 16 heavy (non-hydrogen) atoms. The summed E-state index contributed by atoms with van der Waals surface area (Å²) in [5.74, 6) is 1.09. The minimum Gasteiger partial charge on any atom is -0.327 e. The van der Waals surface area contributed by atoms with Crippen LogP contribution in [0, 0.1) is 0 Å². The lowest BCUT2D eigenvalue weighted by atomic mass is 10.0. The second kappa shape index (κ2) is 6.62. The van der Waals surface area contributed by atoms with E-state index in [2.05, 4.69) is 16.7 Å². The van der Waals surface area contributed by atoms with Crippen LogP contribution in [0.3, 0.4) is 0 Å². The zero-order chi connectivity index (χ0) is 11.2.